The summed E-state index contributed by atoms with van der Waals surface area (Å²) in [6.45, 7) is 11.7. The number of aryl methyl sites for hydroxylation is 4. The van der Waals surface area contributed by atoms with Crippen LogP contribution < -0.4 is 24.8 Å². The Morgan fingerprint density at radius 3 is 1.44 bits per heavy atom. The molecule has 2 aromatic carbocycles. The summed E-state index contributed by atoms with van der Waals surface area (Å²) >= 11 is -0.124. The molecule has 2 aliphatic carbocycles. The molecule has 2 atom stereocenters. The molecule has 3 aliphatic rings. The molecule has 27 heavy (non-hydrogen) atoms. The van der Waals surface area contributed by atoms with Crippen molar-refractivity contribution in [2.75, 3.05) is 6.66 Å². The minimum Gasteiger partial charge on any atom is -1.00 e. The molecule has 1 aliphatic heterocycles. The number of hydrogen-bond acceptors (Lipinski definition) is 0. The molecule has 0 saturated carbocycles. The van der Waals surface area contributed by atoms with Gasteiger partial charge in [0.15, 0.2) is 0 Å². The van der Waals surface area contributed by atoms with E-state index in [0.29, 0.717) is 0 Å². The van der Waals surface area contributed by atoms with Gasteiger partial charge in [-0.1, -0.05) is 0 Å². The van der Waals surface area contributed by atoms with Crippen molar-refractivity contribution in [1.82, 2.24) is 0 Å². The van der Waals surface area contributed by atoms with Crippen molar-refractivity contribution >= 4 is 20.1 Å². The molecule has 0 amide bonds. The Balaban J connectivity index is 0.00000105. The van der Waals surface area contributed by atoms with Crippen LogP contribution in [0.2, 0.25) is 0 Å². The molecule has 0 N–H and O–H groups in total. The van der Waals surface area contributed by atoms with Gasteiger partial charge < -0.3 is 24.8 Å². The summed E-state index contributed by atoms with van der Waals surface area (Å²) < 4.78 is 1.53. The molecule has 5 rings (SSSR count). The quantitative estimate of drug-likeness (QED) is 0.409. The molecule has 2 aromatic rings. The zero-order chi connectivity index (χ0) is 17.5. The van der Waals surface area contributed by atoms with Crippen molar-refractivity contribution in [1.29, 1.82) is 0 Å². The van der Waals surface area contributed by atoms with Crippen LogP contribution in [0.5, 0.6) is 0 Å². The minimum absolute atomic E-state index is 0. The van der Waals surface area contributed by atoms with E-state index in [2.05, 4.69) is 70.8 Å². The van der Waals surface area contributed by atoms with Gasteiger partial charge in [0.1, 0.15) is 0 Å². The number of hydrogen-bond donors (Lipinski definition) is 0. The second-order valence-electron chi connectivity index (χ2n) is 7.78. The minimum atomic E-state index is -0.161. The van der Waals surface area contributed by atoms with Crippen molar-refractivity contribution in [2.24, 2.45) is 0 Å². The van der Waals surface area contributed by atoms with Gasteiger partial charge >= 0.3 is 161 Å². The maximum Gasteiger partial charge on any atom is -1.00 e. The van der Waals surface area contributed by atoms with E-state index in [4.69, 9.17) is 0 Å². The SMILES string of the molecule is Cc1ccc(C)c2c1C=C1[CH]2[Ti+2][CH]2C(=Cc3c(C)ccc(C)c32)P1C.[Cl-].[Cl-]. The number of allylic oxidation sites excluding steroid dienone is 2. The molecule has 138 valence electrons. The van der Waals surface area contributed by atoms with Crippen LogP contribution in [0.15, 0.2) is 34.9 Å². The van der Waals surface area contributed by atoms with Gasteiger partial charge in [-0.25, -0.2) is 0 Å². The largest absolute Gasteiger partial charge is 1.00 e. The molecular formula is C23H23Cl2PTi. The van der Waals surface area contributed by atoms with Gasteiger partial charge in [0.2, 0.25) is 0 Å². The molecule has 0 radical (unpaired) electrons. The van der Waals surface area contributed by atoms with Crippen LogP contribution in [0.4, 0.5) is 0 Å². The zero-order valence-corrected chi connectivity index (χ0v) is 20.3. The van der Waals surface area contributed by atoms with Gasteiger partial charge in [-0.3, -0.25) is 0 Å². The Bertz CT molecular complexity index is 926. The number of halogens is 2. The van der Waals surface area contributed by atoms with Crippen molar-refractivity contribution in [2.45, 2.75) is 36.1 Å². The van der Waals surface area contributed by atoms with Gasteiger partial charge in [-0.15, -0.1) is 0 Å². The van der Waals surface area contributed by atoms with E-state index in [0.717, 1.165) is 8.45 Å². The molecule has 0 nitrogen and oxygen atoms in total. The number of rotatable bonds is 0. The van der Waals surface area contributed by atoms with Crippen LogP contribution in [-0.4, -0.2) is 6.66 Å². The van der Waals surface area contributed by atoms with Gasteiger partial charge in [-0.2, -0.15) is 0 Å². The van der Waals surface area contributed by atoms with Crippen LogP contribution in [0.3, 0.4) is 0 Å². The van der Waals surface area contributed by atoms with Gasteiger partial charge in [0.25, 0.3) is 0 Å². The summed E-state index contributed by atoms with van der Waals surface area (Å²) in [5.41, 5.74) is 12.4. The van der Waals surface area contributed by atoms with Crippen LogP contribution in [0.1, 0.15) is 53.0 Å². The fourth-order valence-electron chi connectivity index (χ4n) is 4.85. The first-order valence-corrected chi connectivity index (χ1v) is 12.7. The summed E-state index contributed by atoms with van der Waals surface area (Å²) in [4.78, 5) is 0. The fraction of sp³-hybridized carbons (Fsp3) is 0.304. The smallest absolute Gasteiger partial charge is 1.00 e. The van der Waals surface area contributed by atoms with Crippen LogP contribution in [0.25, 0.3) is 12.2 Å². The molecule has 0 spiro atoms. The van der Waals surface area contributed by atoms with Gasteiger partial charge in [0, 0.05) is 0 Å². The van der Waals surface area contributed by atoms with Crippen LogP contribution >= 0.6 is 7.92 Å². The molecule has 4 heteroatoms. The van der Waals surface area contributed by atoms with Crippen molar-refractivity contribution in [3.63, 3.8) is 0 Å². The average molecular weight is 449 g/mol. The summed E-state index contributed by atoms with van der Waals surface area (Å²) in [6, 6.07) is 9.31. The van der Waals surface area contributed by atoms with E-state index in [-0.39, 0.29) is 51.9 Å². The number of fused-ring (bicyclic) bond motifs is 6. The van der Waals surface area contributed by atoms with E-state index < -0.39 is 0 Å². The molecule has 0 aromatic heterocycles. The van der Waals surface area contributed by atoms with E-state index in [1.54, 1.807) is 32.9 Å². The first-order valence-electron chi connectivity index (χ1n) is 9.10. The predicted molar refractivity (Wildman–Crippen MR) is 106 cm³/mol. The topological polar surface area (TPSA) is 0 Å². The standard InChI is InChI=1S/C23H23P.2ClH.Ti/c1-14-6-7-15(2)21-11-18(10-20(14)21)24(5)19-12-22-16(3)8-9-17(4)23(22)13-19;;;/h6-13H,1-5H3;2*1H;/q;;;+2/p-2. The zero-order valence-electron chi connectivity index (χ0n) is 16.3. The normalized spacial score (nSPS) is 23.2. The van der Waals surface area contributed by atoms with Crippen molar-refractivity contribution in [3.05, 3.63) is 79.4 Å². The molecule has 1 heterocycles. The Morgan fingerprint density at radius 1 is 0.667 bits per heavy atom. The van der Waals surface area contributed by atoms with Gasteiger partial charge in [0.05, 0.1) is 0 Å². The molecule has 2 unspecified atom stereocenters. The van der Waals surface area contributed by atoms with E-state index in [9.17, 15) is 0 Å². The van der Waals surface area contributed by atoms with Crippen molar-refractivity contribution in [3.8, 4) is 0 Å². The Morgan fingerprint density at radius 2 is 1.04 bits per heavy atom. The van der Waals surface area contributed by atoms with E-state index >= 15 is 0 Å². The summed E-state index contributed by atoms with van der Waals surface area (Å²) in [6.07, 6.45) is 5.16. The Labute approximate surface area is 185 Å². The summed E-state index contributed by atoms with van der Waals surface area (Å²) in [7, 11) is -0.161. The van der Waals surface area contributed by atoms with Crippen LogP contribution in [-0.2, 0) is 19.2 Å². The van der Waals surface area contributed by atoms with E-state index in [1.807, 2.05) is 0 Å². The average Bonchev–Trinajstić information content (AvgIpc) is 3.16. The molecule has 1 fully saturated rings. The summed E-state index contributed by atoms with van der Waals surface area (Å²) in [5.74, 6) is 0. The molecule has 1 saturated heterocycles. The first kappa shape index (κ1) is 21.4. The third-order valence-electron chi connectivity index (χ3n) is 6.31. The Hall–Kier alpha value is -0.356. The maximum atomic E-state index is 2.58. The van der Waals surface area contributed by atoms with Crippen molar-refractivity contribution < 1.29 is 44.0 Å². The Kier molecular flexibility index (Phi) is 5.91. The maximum absolute atomic E-state index is 2.58. The van der Waals surface area contributed by atoms with Gasteiger partial charge in [-0.05, 0) is 0 Å². The number of benzene rings is 2. The fourth-order valence-corrected chi connectivity index (χ4v) is 12.3. The van der Waals surface area contributed by atoms with E-state index in [1.165, 1.54) is 22.3 Å². The first-order chi connectivity index (χ1) is 12.0. The third kappa shape index (κ3) is 2.96. The second-order valence-corrected chi connectivity index (χ2v) is 12.3. The summed E-state index contributed by atoms with van der Waals surface area (Å²) in [5, 5.41) is 3.54. The third-order valence-corrected chi connectivity index (χ3v) is 12.3. The molecule has 0 bridgehead atoms. The second kappa shape index (κ2) is 7.48. The predicted octanol–water partition coefficient (Wildman–Crippen LogP) is 0.627. The monoisotopic (exact) mass is 448 g/mol. The molecular weight excluding hydrogens is 426 g/mol. The van der Waals surface area contributed by atoms with Crippen LogP contribution in [0, 0.1) is 27.7 Å².